The summed E-state index contributed by atoms with van der Waals surface area (Å²) >= 11 is 0. The van der Waals surface area contributed by atoms with E-state index < -0.39 is 17.7 Å². The molecule has 3 rings (SSSR count). The second-order valence-electron chi connectivity index (χ2n) is 7.95. The van der Waals surface area contributed by atoms with Crippen molar-refractivity contribution in [3.8, 4) is 11.5 Å². The molecule has 170 valence electrons. The van der Waals surface area contributed by atoms with Gasteiger partial charge in [-0.05, 0) is 61.2 Å². The maximum Gasteiger partial charge on any atom is 0.295 e. The predicted molar refractivity (Wildman–Crippen MR) is 124 cm³/mol. The molecule has 1 unspecified atom stereocenters. The molecule has 1 aliphatic rings. The van der Waals surface area contributed by atoms with Gasteiger partial charge in [-0.25, -0.2) is 0 Å². The number of rotatable bonds is 9. The molecule has 0 aromatic heterocycles. The zero-order valence-corrected chi connectivity index (χ0v) is 19.2. The number of nitrogens with zero attached hydrogens (tertiary/aromatic N) is 1. The van der Waals surface area contributed by atoms with Gasteiger partial charge in [-0.15, -0.1) is 0 Å². The number of carbonyl (C=O) groups is 2. The highest BCUT2D eigenvalue weighted by Gasteiger charge is 2.45. The van der Waals surface area contributed by atoms with Gasteiger partial charge in [-0.3, -0.25) is 9.59 Å². The number of aryl methyl sites for hydroxylation is 1. The number of aliphatic hydroxyl groups excluding tert-OH is 1. The third kappa shape index (κ3) is 4.64. The zero-order valence-electron chi connectivity index (χ0n) is 19.2. The zero-order chi connectivity index (χ0) is 23.3. The van der Waals surface area contributed by atoms with E-state index in [1.54, 1.807) is 30.2 Å². The van der Waals surface area contributed by atoms with Crippen molar-refractivity contribution in [1.82, 2.24) is 4.90 Å². The van der Waals surface area contributed by atoms with Crippen LogP contribution in [-0.4, -0.2) is 42.0 Å². The lowest BCUT2D eigenvalue weighted by atomic mass is 9.94. The first-order valence-electron chi connectivity index (χ1n) is 11.1. The lowest BCUT2D eigenvalue weighted by Gasteiger charge is -2.25. The Morgan fingerprint density at radius 3 is 2.53 bits per heavy atom. The van der Waals surface area contributed by atoms with Gasteiger partial charge in [0.1, 0.15) is 17.3 Å². The number of methoxy groups -OCH3 is 1. The Morgan fingerprint density at radius 1 is 1.09 bits per heavy atom. The summed E-state index contributed by atoms with van der Waals surface area (Å²) < 4.78 is 11.1. The van der Waals surface area contributed by atoms with Crippen LogP contribution in [0.5, 0.6) is 11.5 Å². The van der Waals surface area contributed by atoms with Crippen molar-refractivity contribution in [2.75, 3.05) is 20.3 Å². The smallest absolute Gasteiger partial charge is 0.295 e. The van der Waals surface area contributed by atoms with E-state index in [2.05, 4.69) is 0 Å². The van der Waals surface area contributed by atoms with Crippen LogP contribution in [0.15, 0.2) is 48.0 Å². The molecule has 1 N–H and O–H groups in total. The fourth-order valence-electron chi connectivity index (χ4n) is 3.96. The Hall–Kier alpha value is -3.28. The minimum absolute atomic E-state index is 0.100. The number of likely N-dealkylation sites (tertiary alicyclic amines) is 1. The number of unbranched alkanes of at least 4 members (excludes halogenated alkanes) is 1. The minimum Gasteiger partial charge on any atom is -0.507 e. The third-order valence-corrected chi connectivity index (χ3v) is 5.61. The largest absolute Gasteiger partial charge is 0.507 e. The van der Waals surface area contributed by atoms with Crippen molar-refractivity contribution in [3.63, 3.8) is 0 Å². The second kappa shape index (κ2) is 10.4. The van der Waals surface area contributed by atoms with Crippen molar-refractivity contribution < 1.29 is 24.2 Å². The minimum atomic E-state index is -0.672. The van der Waals surface area contributed by atoms with Gasteiger partial charge in [-0.1, -0.05) is 32.4 Å². The molecule has 1 amide bonds. The molecule has 2 aromatic rings. The Labute approximate surface area is 189 Å². The van der Waals surface area contributed by atoms with Crippen LogP contribution in [0.3, 0.4) is 0 Å². The van der Waals surface area contributed by atoms with Crippen LogP contribution in [0.4, 0.5) is 0 Å². The molecule has 6 heteroatoms. The number of aliphatic hydroxyl groups is 1. The fourth-order valence-corrected chi connectivity index (χ4v) is 3.96. The van der Waals surface area contributed by atoms with Gasteiger partial charge in [0, 0.05) is 12.1 Å². The van der Waals surface area contributed by atoms with Gasteiger partial charge in [0.2, 0.25) is 0 Å². The summed E-state index contributed by atoms with van der Waals surface area (Å²) in [5.74, 6) is -0.0851. The molecule has 1 heterocycles. The van der Waals surface area contributed by atoms with Gasteiger partial charge in [0.05, 0.1) is 25.3 Å². The Bertz CT molecular complexity index is 1030. The molecule has 0 spiro atoms. The number of ether oxygens (including phenoxy) is 2. The van der Waals surface area contributed by atoms with Gasteiger partial charge in [-0.2, -0.15) is 0 Å². The molecule has 6 nitrogen and oxygen atoms in total. The van der Waals surface area contributed by atoms with Gasteiger partial charge >= 0.3 is 0 Å². The Morgan fingerprint density at radius 2 is 1.88 bits per heavy atom. The van der Waals surface area contributed by atoms with Crippen molar-refractivity contribution in [2.45, 2.75) is 46.1 Å². The highest BCUT2D eigenvalue weighted by molar-refractivity contribution is 6.46. The van der Waals surface area contributed by atoms with Crippen LogP contribution >= 0.6 is 0 Å². The van der Waals surface area contributed by atoms with Crippen LogP contribution in [-0.2, 0) is 9.59 Å². The van der Waals surface area contributed by atoms with Gasteiger partial charge in [0.25, 0.3) is 11.7 Å². The van der Waals surface area contributed by atoms with Crippen LogP contribution in [0.1, 0.15) is 55.8 Å². The van der Waals surface area contributed by atoms with Crippen LogP contribution < -0.4 is 9.47 Å². The van der Waals surface area contributed by atoms with Crippen LogP contribution in [0.25, 0.3) is 5.76 Å². The maximum atomic E-state index is 13.1. The van der Waals surface area contributed by atoms with Gasteiger partial charge in [0.15, 0.2) is 0 Å². The van der Waals surface area contributed by atoms with E-state index in [0.29, 0.717) is 30.2 Å². The van der Waals surface area contributed by atoms with Crippen molar-refractivity contribution in [2.24, 2.45) is 0 Å². The molecule has 0 bridgehead atoms. The van der Waals surface area contributed by atoms with E-state index in [1.165, 1.54) is 0 Å². The lowest BCUT2D eigenvalue weighted by Crippen LogP contribution is -2.30. The molecular formula is C26H31NO5. The van der Waals surface area contributed by atoms with Crippen molar-refractivity contribution in [1.29, 1.82) is 0 Å². The normalized spacial score (nSPS) is 17.6. The summed E-state index contributed by atoms with van der Waals surface area (Å²) in [5, 5.41) is 11.2. The average molecular weight is 438 g/mol. The van der Waals surface area contributed by atoms with E-state index >= 15 is 0 Å². The molecule has 0 radical (unpaired) electrons. The molecule has 1 saturated heterocycles. The predicted octanol–water partition coefficient (Wildman–Crippen LogP) is 5.01. The number of amides is 1. The van der Waals surface area contributed by atoms with Crippen molar-refractivity contribution >= 4 is 17.4 Å². The topological polar surface area (TPSA) is 76.1 Å². The summed E-state index contributed by atoms with van der Waals surface area (Å²) in [6, 6.07) is 11.9. The first-order valence-corrected chi connectivity index (χ1v) is 11.1. The third-order valence-electron chi connectivity index (χ3n) is 5.61. The monoisotopic (exact) mass is 437 g/mol. The number of hydrogen-bond acceptors (Lipinski definition) is 5. The number of carbonyl (C=O) groups excluding carboxylic acids is 2. The van der Waals surface area contributed by atoms with E-state index in [9.17, 15) is 14.7 Å². The Kier molecular flexibility index (Phi) is 7.57. The average Bonchev–Trinajstić information content (AvgIpc) is 3.05. The highest BCUT2D eigenvalue weighted by Crippen LogP contribution is 2.40. The number of ketones is 1. The van der Waals surface area contributed by atoms with E-state index in [4.69, 9.17) is 9.47 Å². The molecule has 1 fully saturated rings. The van der Waals surface area contributed by atoms with E-state index in [-0.39, 0.29) is 11.3 Å². The summed E-state index contributed by atoms with van der Waals surface area (Å²) in [4.78, 5) is 27.6. The first kappa shape index (κ1) is 23.4. The summed E-state index contributed by atoms with van der Waals surface area (Å²) in [7, 11) is 1.58. The van der Waals surface area contributed by atoms with Crippen LogP contribution in [0.2, 0.25) is 0 Å². The fraction of sp³-hybridized carbons (Fsp3) is 0.385. The SMILES string of the molecule is CCCCN1C(=O)C(=O)/C(=C(/O)c2ccc(OC)c(C)c2)C1c1cccc(OCCC)c1. The maximum absolute atomic E-state index is 13.1. The molecule has 1 aliphatic heterocycles. The second-order valence-corrected chi connectivity index (χ2v) is 7.95. The summed E-state index contributed by atoms with van der Waals surface area (Å²) in [6.07, 6.45) is 2.51. The Balaban J connectivity index is 2.13. The summed E-state index contributed by atoms with van der Waals surface area (Å²) in [5.41, 5.74) is 2.13. The lowest BCUT2D eigenvalue weighted by molar-refractivity contribution is -0.139. The summed E-state index contributed by atoms with van der Waals surface area (Å²) in [6.45, 7) is 6.93. The molecule has 32 heavy (non-hydrogen) atoms. The molecule has 0 saturated carbocycles. The molecular weight excluding hydrogens is 406 g/mol. The molecule has 0 aliphatic carbocycles. The molecule has 1 atom stereocenters. The quantitative estimate of drug-likeness (QED) is 0.339. The standard InChI is InChI=1S/C26H31NO5/c1-5-7-13-27-23(18-9-8-10-20(16-18)32-14-6-2)22(25(29)26(27)30)24(28)19-11-12-21(31-4)17(3)15-19/h8-12,15-16,23,28H,5-7,13-14H2,1-4H3/b24-22+. The highest BCUT2D eigenvalue weighted by atomic mass is 16.5. The van der Waals surface area contributed by atoms with Crippen molar-refractivity contribution in [3.05, 3.63) is 64.7 Å². The van der Waals surface area contributed by atoms with E-state index in [1.807, 2.05) is 45.0 Å². The van der Waals surface area contributed by atoms with Gasteiger partial charge < -0.3 is 19.5 Å². The molecule has 2 aromatic carbocycles. The van der Waals surface area contributed by atoms with Crippen LogP contribution in [0, 0.1) is 6.92 Å². The van der Waals surface area contributed by atoms with E-state index in [0.717, 1.165) is 30.4 Å². The first-order chi connectivity index (χ1) is 15.4. The number of benzene rings is 2. The number of hydrogen-bond donors (Lipinski definition) is 1. The number of Topliss-reactive ketones (excluding diaryl/α,β-unsaturated/α-hetero) is 1.